The third-order valence-corrected chi connectivity index (χ3v) is 6.17. The van der Waals surface area contributed by atoms with E-state index in [1.807, 2.05) is 0 Å². The van der Waals surface area contributed by atoms with Crippen LogP contribution in [0.4, 0.5) is 13.2 Å². The second-order valence-corrected chi connectivity index (χ2v) is 7.63. The Labute approximate surface area is 147 Å². The van der Waals surface area contributed by atoms with Gasteiger partial charge in [-0.2, -0.15) is 11.8 Å². The van der Waals surface area contributed by atoms with Crippen LogP contribution < -0.4 is 4.74 Å². The van der Waals surface area contributed by atoms with Crippen LogP contribution >= 0.6 is 11.8 Å². The van der Waals surface area contributed by atoms with Crippen LogP contribution in [0.5, 0.6) is 5.75 Å². The minimum absolute atomic E-state index is 0.0238. The molecule has 25 heavy (non-hydrogen) atoms. The number of allylic oxidation sites excluding steroid dienone is 2. The number of nitrogens with zero attached hydrogens (tertiary/aromatic N) is 1. The van der Waals surface area contributed by atoms with E-state index in [0.29, 0.717) is 24.0 Å². The summed E-state index contributed by atoms with van der Waals surface area (Å²) in [4.78, 5) is 17.2. The second kappa shape index (κ2) is 6.20. The van der Waals surface area contributed by atoms with Crippen LogP contribution in [-0.4, -0.2) is 28.9 Å². The molecule has 0 aromatic heterocycles. The van der Waals surface area contributed by atoms with E-state index < -0.39 is 6.36 Å². The highest BCUT2D eigenvalue weighted by atomic mass is 32.2. The van der Waals surface area contributed by atoms with Gasteiger partial charge in [-0.15, -0.1) is 13.2 Å². The van der Waals surface area contributed by atoms with Crippen molar-refractivity contribution in [3.8, 4) is 5.75 Å². The van der Waals surface area contributed by atoms with Crippen molar-refractivity contribution in [1.82, 2.24) is 0 Å². The van der Waals surface area contributed by atoms with Gasteiger partial charge in [0.1, 0.15) is 5.75 Å². The number of alkyl halides is 3. The molecule has 1 aromatic carbocycles. The lowest BCUT2D eigenvalue weighted by molar-refractivity contribution is -0.274. The molecule has 0 radical (unpaired) electrons. The van der Waals surface area contributed by atoms with E-state index in [1.165, 1.54) is 12.1 Å². The SMILES string of the molecule is O=C1CCC2=C1C(c1cccc(OC(F)(F)F)c1)C1SCCCC1=N2. The first-order valence-corrected chi connectivity index (χ1v) is 9.28. The number of Topliss-reactive ketones (excluding diaryl/α,β-unsaturated/α-hetero) is 1. The number of ketones is 1. The molecule has 0 amide bonds. The van der Waals surface area contributed by atoms with Gasteiger partial charge in [-0.3, -0.25) is 9.79 Å². The number of hydrogen-bond donors (Lipinski definition) is 0. The van der Waals surface area contributed by atoms with Crippen molar-refractivity contribution in [3.63, 3.8) is 0 Å². The molecule has 0 N–H and O–H groups in total. The van der Waals surface area contributed by atoms with Crippen molar-refractivity contribution in [3.05, 3.63) is 41.1 Å². The molecule has 2 aliphatic heterocycles. The normalized spacial score (nSPS) is 26.2. The van der Waals surface area contributed by atoms with E-state index in [9.17, 15) is 18.0 Å². The number of ether oxygens (including phenoxy) is 1. The summed E-state index contributed by atoms with van der Waals surface area (Å²) < 4.78 is 41.7. The quantitative estimate of drug-likeness (QED) is 0.765. The first kappa shape index (κ1) is 16.7. The molecule has 3 nitrogen and oxygen atoms in total. The van der Waals surface area contributed by atoms with Gasteiger partial charge in [0.2, 0.25) is 0 Å². The number of carbonyl (C=O) groups excluding carboxylic acids is 1. The zero-order chi connectivity index (χ0) is 17.6. The topological polar surface area (TPSA) is 38.7 Å². The van der Waals surface area contributed by atoms with Crippen LogP contribution in [0, 0.1) is 0 Å². The molecule has 1 aliphatic carbocycles. The summed E-state index contributed by atoms with van der Waals surface area (Å²) in [5.74, 6) is 0.550. The maximum absolute atomic E-state index is 12.6. The third-order valence-electron chi connectivity index (χ3n) is 4.75. The largest absolute Gasteiger partial charge is 0.573 e. The number of thioether (sulfide) groups is 1. The number of benzene rings is 1. The highest BCUT2D eigenvalue weighted by Gasteiger charge is 2.42. The molecule has 132 valence electrons. The molecule has 4 rings (SSSR count). The second-order valence-electron chi connectivity index (χ2n) is 6.38. The fourth-order valence-electron chi connectivity index (χ4n) is 3.81. The van der Waals surface area contributed by atoms with Gasteiger partial charge in [-0.25, -0.2) is 0 Å². The van der Waals surface area contributed by atoms with E-state index in [-0.39, 0.29) is 22.7 Å². The van der Waals surface area contributed by atoms with E-state index in [1.54, 1.807) is 23.9 Å². The van der Waals surface area contributed by atoms with E-state index >= 15 is 0 Å². The Morgan fingerprint density at radius 1 is 1.20 bits per heavy atom. The van der Waals surface area contributed by atoms with Gasteiger partial charge in [0.25, 0.3) is 0 Å². The molecular formula is C18H16F3NO2S. The van der Waals surface area contributed by atoms with Gasteiger partial charge in [-0.1, -0.05) is 12.1 Å². The summed E-state index contributed by atoms with van der Waals surface area (Å²) in [6.07, 6.45) is -1.73. The highest BCUT2D eigenvalue weighted by Crippen LogP contribution is 2.47. The molecule has 1 fully saturated rings. The van der Waals surface area contributed by atoms with E-state index in [0.717, 1.165) is 30.0 Å². The van der Waals surface area contributed by atoms with Crippen LogP contribution in [0.3, 0.4) is 0 Å². The van der Waals surface area contributed by atoms with Gasteiger partial charge in [0.05, 0.1) is 5.25 Å². The van der Waals surface area contributed by atoms with E-state index in [2.05, 4.69) is 4.74 Å². The fraction of sp³-hybridized carbons (Fsp3) is 0.444. The zero-order valence-corrected chi connectivity index (χ0v) is 14.1. The van der Waals surface area contributed by atoms with Crippen molar-refractivity contribution in [2.24, 2.45) is 4.99 Å². The zero-order valence-electron chi connectivity index (χ0n) is 13.3. The molecule has 2 heterocycles. The number of carbonyl (C=O) groups is 1. The Kier molecular flexibility index (Phi) is 4.14. The first-order valence-electron chi connectivity index (χ1n) is 8.23. The average molecular weight is 367 g/mol. The number of aliphatic imine (C=N–C) groups is 1. The standard InChI is InChI=1S/C18H16F3NO2S/c19-18(20,21)24-11-4-1-3-10(9-11)15-16-12(6-7-14(16)23)22-13-5-2-8-25-17(13)15/h1,3-4,9,15,17H,2,5-8H2. The molecule has 2 atom stereocenters. The summed E-state index contributed by atoms with van der Waals surface area (Å²) in [7, 11) is 0. The number of hydrogen-bond acceptors (Lipinski definition) is 4. The van der Waals surface area contributed by atoms with Crippen LogP contribution in [0.15, 0.2) is 40.5 Å². The summed E-state index contributed by atoms with van der Waals surface area (Å²) in [5, 5.41) is 0.0238. The lowest BCUT2D eigenvalue weighted by Gasteiger charge is -2.35. The van der Waals surface area contributed by atoms with Crippen molar-refractivity contribution in [2.45, 2.75) is 43.2 Å². The smallest absolute Gasteiger partial charge is 0.406 e. The molecule has 2 unspecified atom stereocenters. The van der Waals surface area contributed by atoms with Crippen molar-refractivity contribution in [1.29, 1.82) is 0 Å². The minimum Gasteiger partial charge on any atom is -0.406 e. The highest BCUT2D eigenvalue weighted by molar-refractivity contribution is 8.00. The van der Waals surface area contributed by atoms with Gasteiger partial charge in [0.15, 0.2) is 5.78 Å². The van der Waals surface area contributed by atoms with Crippen LogP contribution in [0.2, 0.25) is 0 Å². The number of rotatable bonds is 2. The Balaban J connectivity index is 1.76. The minimum atomic E-state index is -4.73. The van der Waals surface area contributed by atoms with Crippen LogP contribution in [0.1, 0.15) is 37.2 Å². The predicted octanol–water partition coefficient (Wildman–Crippen LogP) is 4.64. The Morgan fingerprint density at radius 2 is 2.04 bits per heavy atom. The number of halogens is 3. The van der Waals surface area contributed by atoms with Gasteiger partial charge in [0, 0.05) is 29.3 Å². The molecule has 7 heteroatoms. The maximum atomic E-state index is 12.6. The average Bonchev–Trinajstić information content (AvgIpc) is 2.92. The Bertz CT molecular complexity index is 785. The van der Waals surface area contributed by atoms with Gasteiger partial charge >= 0.3 is 6.36 Å². The van der Waals surface area contributed by atoms with Crippen molar-refractivity contribution < 1.29 is 22.7 Å². The van der Waals surface area contributed by atoms with Crippen molar-refractivity contribution in [2.75, 3.05) is 5.75 Å². The molecule has 1 saturated heterocycles. The first-order chi connectivity index (χ1) is 11.9. The lowest BCUT2D eigenvalue weighted by Crippen LogP contribution is -2.34. The molecule has 0 spiro atoms. The molecular weight excluding hydrogens is 351 g/mol. The predicted molar refractivity (Wildman–Crippen MR) is 90.0 cm³/mol. The summed E-state index contributed by atoms with van der Waals surface area (Å²) in [5.41, 5.74) is 3.27. The van der Waals surface area contributed by atoms with Crippen LogP contribution in [-0.2, 0) is 4.79 Å². The van der Waals surface area contributed by atoms with Gasteiger partial charge in [-0.05, 0) is 42.7 Å². The molecule has 0 saturated carbocycles. The molecule has 0 bridgehead atoms. The molecule has 1 aromatic rings. The number of fused-ring (bicyclic) bond motifs is 1. The Morgan fingerprint density at radius 3 is 2.84 bits per heavy atom. The summed E-state index contributed by atoms with van der Waals surface area (Å²) in [6, 6.07) is 6.03. The Hall–Kier alpha value is -1.76. The summed E-state index contributed by atoms with van der Waals surface area (Å²) in [6.45, 7) is 0. The monoisotopic (exact) mass is 367 g/mol. The van der Waals surface area contributed by atoms with Crippen molar-refractivity contribution >= 4 is 23.3 Å². The third kappa shape index (κ3) is 3.21. The lowest BCUT2D eigenvalue weighted by atomic mass is 9.82. The van der Waals surface area contributed by atoms with Gasteiger partial charge < -0.3 is 4.74 Å². The van der Waals surface area contributed by atoms with E-state index in [4.69, 9.17) is 4.99 Å². The maximum Gasteiger partial charge on any atom is 0.573 e. The molecule has 3 aliphatic rings. The fourth-order valence-corrected chi connectivity index (χ4v) is 5.23. The van der Waals surface area contributed by atoms with Crippen LogP contribution in [0.25, 0.3) is 0 Å². The summed E-state index contributed by atoms with van der Waals surface area (Å²) >= 11 is 1.74.